The standard InChI is InChI=1S/C23H24N4O7/c24-12-17(26-21(28)20-13-25-8-1-9-33-20)10-14-2-4-15(5-3-14)16-6-7-19-18(11-16)27(22(29)34-19)23(30,31)32/h2-7,11,17,20,25,30-32H,1,8-10,13H2,(H,26,28)/t17-,20-/m0/s1. The SMILES string of the molecule is N#C[C@H](Cc1ccc(-c2ccc3oc(=O)n(C(O)(O)O)c3c2)cc1)NC(=O)[C@@H]1CNCCCO1. The molecule has 0 aliphatic carbocycles. The van der Waals surface area contributed by atoms with E-state index in [9.17, 15) is 30.2 Å². The molecular formula is C23H24N4O7. The highest BCUT2D eigenvalue weighted by molar-refractivity contribution is 5.82. The lowest BCUT2D eigenvalue weighted by molar-refractivity contribution is -0.375. The molecule has 5 N–H and O–H groups in total. The first-order valence-electron chi connectivity index (χ1n) is 10.7. The van der Waals surface area contributed by atoms with Gasteiger partial charge in [0.25, 0.3) is 5.91 Å². The maximum absolute atomic E-state index is 12.4. The van der Waals surface area contributed by atoms with E-state index in [-0.39, 0.29) is 17.0 Å². The van der Waals surface area contributed by atoms with Crippen molar-refractivity contribution in [1.82, 2.24) is 15.2 Å². The number of benzene rings is 2. The normalized spacial score (nSPS) is 17.6. The maximum Gasteiger partial charge on any atom is 0.426 e. The largest absolute Gasteiger partial charge is 0.426 e. The predicted molar refractivity (Wildman–Crippen MR) is 119 cm³/mol. The van der Waals surface area contributed by atoms with Gasteiger partial charge >= 0.3 is 11.9 Å². The molecule has 2 atom stereocenters. The van der Waals surface area contributed by atoms with Crippen LogP contribution in [0.1, 0.15) is 12.0 Å². The van der Waals surface area contributed by atoms with Crippen LogP contribution in [0.15, 0.2) is 51.7 Å². The summed E-state index contributed by atoms with van der Waals surface area (Å²) in [6.07, 6.45) is -2.92. The Morgan fingerprint density at radius 3 is 2.68 bits per heavy atom. The van der Waals surface area contributed by atoms with Crippen molar-refractivity contribution in [3.63, 3.8) is 0 Å². The number of hydrogen-bond acceptors (Lipinski definition) is 9. The molecule has 178 valence electrons. The summed E-state index contributed by atoms with van der Waals surface area (Å²) in [6, 6.07) is 13.2. The Balaban J connectivity index is 1.48. The minimum absolute atomic E-state index is 0.00144. The van der Waals surface area contributed by atoms with Gasteiger partial charge in [-0.05, 0) is 41.8 Å². The van der Waals surface area contributed by atoms with E-state index in [1.807, 2.05) is 0 Å². The van der Waals surface area contributed by atoms with Gasteiger partial charge in [0.15, 0.2) is 5.58 Å². The summed E-state index contributed by atoms with van der Waals surface area (Å²) in [7, 11) is 0. The second-order valence-corrected chi connectivity index (χ2v) is 7.99. The third-order valence-electron chi connectivity index (χ3n) is 5.52. The molecule has 0 bridgehead atoms. The topological polar surface area (TPSA) is 170 Å². The minimum Gasteiger partial charge on any atom is -0.408 e. The highest BCUT2D eigenvalue weighted by Crippen LogP contribution is 2.26. The second-order valence-electron chi connectivity index (χ2n) is 7.99. The summed E-state index contributed by atoms with van der Waals surface area (Å²) in [4.78, 5) is 24.3. The Hall–Kier alpha value is -3.53. The van der Waals surface area contributed by atoms with Crippen LogP contribution in [0.4, 0.5) is 0 Å². The number of rotatable bonds is 6. The molecule has 3 aromatic rings. The van der Waals surface area contributed by atoms with Gasteiger partial charge in [-0.25, -0.2) is 4.79 Å². The van der Waals surface area contributed by atoms with Crippen molar-refractivity contribution in [2.45, 2.75) is 31.1 Å². The summed E-state index contributed by atoms with van der Waals surface area (Å²) >= 11 is 0. The van der Waals surface area contributed by atoms with Crippen LogP contribution in [0.25, 0.3) is 22.2 Å². The number of nitriles is 1. The molecule has 1 saturated heterocycles. The van der Waals surface area contributed by atoms with E-state index < -0.39 is 24.0 Å². The fourth-order valence-electron chi connectivity index (χ4n) is 3.83. The molecule has 1 aromatic heterocycles. The number of carbonyl (C=O) groups excluding carboxylic acids is 1. The molecule has 1 amide bonds. The average molecular weight is 468 g/mol. The highest BCUT2D eigenvalue weighted by Gasteiger charge is 2.28. The van der Waals surface area contributed by atoms with Crippen molar-refractivity contribution in [3.8, 4) is 17.2 Å². The number of oxazole rings is 1. The van der Waals surface area contributed by atoms with Crippen LogP contribution in [-0.2, 0) is 22.0 Å². The van der Waals surface area contributed by atoms with E-state index in [0.29, 0.717) is 29.7 Å². The van der Waals surface area contributed by atoms with E-state index in [4.69, 9.17) is 9.15 Å². The lowest BCUT2D eigenvalue weighted by Crippen LogP contribution is -2.46. The Kier molecular flexibility index (Phi) is 6.78. The van der Waals surface area contributed by atoms with Gasteiger partial charge in [0.1, 0.15) is 12.1 Å². The Morgan fingerprint density at radius 2 is 1.97 bits per heavy atom. The van der Waals surface area contributed by atoms with Crippen LogP contribution < -0.4 is 16.4 Å². The quantitative estimate of drug-likeness (QED) is 0.306. The first kappa shape index (κ1) is 23.6. The summed E-state index contributed by atoms with van der Waals surface area (Å²) in [5.41, 5.74) is 2.26. The number of aliphatic hydroxyl groups is 3. The molecule has 34 heavy (non-hydrogen) atoms. The number of nitrogens with one attached hydrogen (secondary N) is 2. The van der Waals surface area contributed by atoms with Crippen LogP contribution in [0.3, 0.4) is 0 Å². The Labute approximate surface area is 193 Å². The first-order valence-corrected chi connectivity index (χ1v) is 10.7. The number of fused-ring (bicyclic) bond motifs is 1. The van der Waals surface area contributed by atoms with Crippen molar-refractivity contribution in [2.24, 2.45) is 0 Å². The zero-order valence-corrected chi connectivity index (χ0v) is 18.1. The van der Waals surface area contributed by atoms with E-state index in [1.165, 1.54) is 12.1 Å². The molecule has 4 rings (SSSR count). The van der Waals surface area contributed by atoms with Gasteiger partial charge in [-0.3, -0.25) is 4.79 Å². The Morgan fingerprint density at radius 1 is 1.24 bits per heavy atom. The van der Waals surface area contributed by atoms with Gasteiger partial charge in [0.05, 0.1) is 11.6 Å². The molecule has 1 aliphatic rings. The number of amides is 1. The van der Waals surface area contributed by atoms with Crippen LogP contribution >= 0.6 is 0 Å². The van der Waals surface area contributed by atoms with Gasteiger partial charge in [-0.2, -0.15) is 9.83 Å². The summed E-state index contributed by atoms with van der Waals surface area (Å²) in [5, 5.41) is 43.8. The average Bonchev–Trinajstić information content (AvgIpc) is 2.96. The zero-order valence-electron chi connectivity index (χ0n) is 18.1. The van der Waals surface area contributed by atoms with Crippen molar-refractivity contribution < 1.29 is 29.3 Å². The van der Waals surface area contributed by atoms with Crippen LogP contribution in [-0.4, -0.2) is 57.6 Å². The van der Waals surface area contributed by atoms with Gasteiger partial charge < -0.3 is 35.1 Å². The molecule has 2 heterocycles. The third-order valence-corrected chi connectivity index (χ3v) is 5.52. The first-order chi connectivity index (χ1) is 16.3. The summed E-state index contributed by atoms with van der Waals surface area (Å²) in [5.74, 6) is -1.45. The number of hydrogen-bond donors (Lipinski definition) is 5. The van der Waals surface area contributed by atoms with Crippen LogP contribution in [0, 0.1) is 11.3 Å². The lowest BCUT2D eigenvalue weighted by atomic mass is 10.0. The summed E-state index contributed by atoms with van der Waals surface area (Å²) < 4.78 is 10.8. The summed E-state index contributed by atoms with van der Waals surface area (Å²) in [6.45, 7) is 1.67. The molecule has 0 spiro atoms. The molecule has 1 aliphatic heterocycles. The van der Waals surface area contributed by atoms with E-state index >= 15 is 0 Å². The predicted octanol–water partition coefficient (Wildman–Crippen LogP) is -0.264. The zero-order chi connectivity index (χ0) is 24.3. The number of aromatic nitrogens is 1. The molecule has 0 radical (unpaired) electrons. The number of carbonyl (C=O) groups is 1. The molecule has 1 fully saturated rings. The molecule has 0 saturated carbocycles. The molecule has 2 aromatic carbocycles. The molecule has 0 unspecified atom stereocenters. The lowest BCUT2D eigenvalue weighted by Gasteiger charge is -2.18. The van der Waals surface area contributed by atoms with Crippen LogP contribution in [0.5, 0.6) is 0 Å². The molecule has 11 nitrogen and oxygen atoms in total. The number of ether oxygens (including phenoxy) is 1. The number of nitrogens with zero attached hydrogens (tertiary/aromatic N) is 2. The van der Waals surface area contributed by atoms with Crippen molar-refractivity contribution >= 4 is 17.0 Å². The van der Waals surface area contributed by atoms with Gasteiger partial charge in [-0.1, -0.05) is 30.3 Å². The van der Waals surface area contributed by atoms with Gasteiger partial charge in [-0.15, -0.1) is 0 Å². The minimum atomic E-state index is -3.40. The smallest absolute Gasteiger partial charge is 0.408 e. The molecule has 11 heteroatoms. The van der Waals surface area contributed by atoms with E-state index in [2.05, 4.69) is 16.7 Å². The third kappa shape index (κ3) is 5.17. The highest BCUT2D eigenvalue weighted by atomic mass is 16.7. The monoisotopic (exact) mass is 468 g/mol. The second kappa shape index (κ2) is 9.76. The van der Waals surface area contributed by atoms with Crippen LogP contribution in [0.2, 0.25) is 0 Å². The Bertz CT molecular complexity index is 1260. The van der Waals surface area contributed by atoms with E-state index in [0.717, 1.165) is 24.1 Å². The fraction of sp³-hybridized carbons (Fsp3) is 0.348. The van der Waals surface area contributed by atoms with Gasteiger partial charge in [0.2, 0.25) is 0 Å². The van der Waals surface area contributed by atoms with Gasteiger partial charge in [0, 0.05) is 19.6 Å². The van der Waals surface area contributed by atoms with E-state index in [1.54, 1.807) is 30.3 Å². The fourth-order valence-corrected chi connectivity index (χ4v) is 3.83. The molecular weight excluding hydrogens is 444 g/mol. The van der Waals surface area contributed by atoms with Crippen molar-refractivity contribution in [2.75, 3.05) is 19.7 Å². The van der Waals surface area contributed by atoms with Crippen molar-refractivity contribution in [3.05, 3.63) is 58.6 Å². The maximum atomic E-state index is 12.4. The van der Waals surface area contributed by atoms with Crippen molar-refractivity contribution in [1.29, 1.82) is 5.26 Å².